The maximum Gasteiger partial charge on any atom is 0.272 e. The molecule has 3 rings (SSSR count). The zero-order valence-electron chi connectivity index (χ0n) is 13.2. The monoisotopic (exact) mass is 331 g/mol. The molecule has 0 spiro atoms. The fraction of sp³-hybridized carbons (Fsp3) is 0.438. The van der Waals surface area contributed by atoms with E-state index in [9.17, 15) is 14.7 Å². The van der Waals surface area contributed by atoms with Crippen molar-refractivity contribution in [3.63, 3.8) is 0 Å². The van der Waals surface area contributed by atoms with E-state index in [-0.39, 0.29) is 30.7 Å². The molecule has 2 amide bonds. The van der Waals surface area contributed by atoms with E-state index in [2.05, 4.69) is 26.1 Å². The first kappa shape index (κ1) is 16.4. The number of amides is 2. The molecular formula is C16H21N5O3. The van der Waals surface area contributed by atoms with Crippen molar-refractivity contribution >= 4 is 22.7 Å². The number of H-pyrrole nitrogens is 1. The van der Waals surface area contributed by atoms with E-state index in [4.69, 9.17) is 0 Å². The largest absolute Gasteiger partial charge is 0.391 e. The topological polar surface area (TPSA) is 119 Å². The highest BCUT2D eigenvalue weighted by Crippen LogP contribution is 2.14. The Kier molecular flexibility index (Phi) is 5.07. The van der Waals surface area contributed by atoms with Crippen molar-refractivity contribution in [2.45, 2.75) is 12.5 Å². The number of aliphatic hydroxyl groups is 1. The van der Waals surface area contributed by atoms with Gasteiger partial charge >= 0.3 is 0 Å². The Labute approximate surface area is 139 Å². The van der Waals surface area contributed by atoms with Crippen molar-refractivity contribution in [2.24, 2.45) is 5.92 Å². The number of para-hydroxylation sites is 1. The maximum absolute atomic E-state index is 12.1. The van der Waals surface area contributed by atoms with Gasteiger partial charge in [0.25, 0.3) is 5.91 Å². The first-order valence-corrected chi connectivity index (χ1v) is 8.02. The van der Waals surface area contributed by atoms with Crippen molar-refractivity contribution < 1.29 is 14.7 Å². The van der Waals surface area contributed by atoms with Crippen LogP contribution in [0.25, 0.3) is 10.9 Å². The molecule has 2 unspecified atom stereocenters. The van der Waals surface area contributed by atoms with Crippen LogP contribution in [-0.4, -0.2) is 59.4 Å². The number of nitrogens with zero attached hydrogens (tertiary/aromatic N) is 1. The highest BCUT2D eigenvalue weighted by atomic mass is 16.3. The number of aromatic nitrogens is 2. The molecular weight excluding hydrogens is 310 g/mol. The van der Waals surface area contributed by atoms with E-state index < -0.39 is 6.10 Å². The summed E-state index contributed by atoms with van der Waals surface area (Å²) < 4.78 is 0. The number of fused-ring (bicyclic) bond motifs is 1. The van der Waals surface area contributed by atoms with E-state index in [0.29, 0.717) is 25.3 Å². The lowest BCUT2D eigenvalue weighted by Gasteiger charge is -2.14. The molecule has 1 aliphatic heterocycles. The Hall–Kier alpha value is -2.45. The Morgan fingerprint density at radius 3 is 2.88 bits per heavy atom. The van der Waals surface area contributed by atoms with Crippen LogP contribution in [0, 0.1) is 5.92 Å². The van der Waals surface area contributed by atoms with Gasteiger partial charge in [-0.05, 0) is 6.07 Å². The second-order valence-electron chi connectivity index (χ2n) is 5.91. The Morgan fingerprint density at radius 1 is 1.25 bits per heavy atom. The summed E-state index contributed by atoms with van der Waals surface area (Å²) >= 11 is 0. The van der Waals surface area contributed by atoms with Crippen LogP contribution >= 0.6 is 0 Å². The molecule has 8 nitrogen and oxygen atoms in total. The lowest BCUT2D eigenvalue weighted by Crippen LogP contribution is -2.36. The van der Waals surface area contributed by atoms with Gasteiger partial charge in [0.2, 0.25) is 5.91 Å². The number of benzene rings is 1. The van der Waals surface area contributed by atoms with Gasteiger partial charge < -0.3 is 21.1 Å². The molecule has 2 atom stereocenters. The molecule has 2 heterocycles. The summed E-state index contributed by atoms with van der Waals surface area (Å²) in [5.74, 6) is -0.420. The zero-order chi connectivity index (χ0) is 16.9. The molecule has 0 saturated carbocycles. The molecule has 5 N–H and O–H groups in total. The standard InChI is InChI=1S/C16H21N5O3/c22-13-9-17-7-10(13)8-19-14(23)5-6-18-16(24)15-11-3-1-2-4-12(11)20-21-15/h1-4,10,13,17,22H,5-9H2,(H,18,24)(H,19,23)(H,20,21). The molecule has 1 fully saturated rings. The molecule has 0 radical (unpaired) electrons. The summed E-state index contributed by atoms with van der Waals surface area (Å²) in [4.78, 5) is 23.9. The maximum atomic E-state index is 12.1. The van der Waals surface area contributed by atoms with Crippen molar-refractivity contribution in [1.29, 1.82) is 0 Å². The van der Waals surface area contributed by atoms with Crippen LogP contribution in [0.2, 0.25) is 0 Å². The van der Waals surface area contributed by atoms with Gasteiger partial charge in [-0.15, -0.1) is 0 Å². The quantitative estimate of drug-likeness (QED) is 0.483. The minimum atomic E-state index is -0.419. The first-order chi connectivity index (χ1) is 11.6. The van der Waals surface area contributed by atoms with Crippen molar-refractivity contribution in [3.8, 4) is 0 Å². The first-order valence-electron chi connectivity index (χ1n) is 8.02. The van der Waals surface area contributed by atoms with Crippen LogP contribution in [0.4, 0.5) is 0 Å². The van der Waals surface area contributed by atoms with E-state index >= 15 is 0 Å². The Balaban J connectivity index is 1.42. The number of hydrogen-bond acceptors (Lipinski definition) is 5. The molecule has 8 heteroatoms. The van der Waals surface area contributed by atoms with Crippen LogP contribution in [0.15, 0.2) is 24.3 Å². The molecule has 1 aliphatic rings. The van der Waals surface area contributed by atoms with Gasteiger partial charge in [-0.3, -0.25) is 14.7 Å². The summed E-state index contributed by atoms with van der Waals surface area (Å²) in [6, 6.07) is 7.37. The smallest absolute Gasteiger partial charge is 0.272 e. The van der Waals surface area contributed by atoms with Crippen LogP contribution in [0.3, 0.4) is 0 Å². The Morgan fingerprint density at radius 2 is 2.08 bits per heavy atom. The predicted octanol–water partition coefficient (Wildman–Crippen LogP) is -0.621. The molecule has 128 valence electrons. The third-order valence-electron chi connectivity index (χ3n) is 4.19. The fourth-order valence-corrected chi connectivity index (χ4v) is 2.77. The molecule has 0 aliphatic carbocycles. The van der Waals surface area contributed by atoms with Crippen molar-refractivity contribution in [1.82, 2.24) is 26.1 Å². The lowest BCUT2D eigenvalue weighted by molar-refractivity contribution is -0.121. The third-order valence-corrected chi connectivity index (χ3v) is 4.19. The van der Waals surface area contributed by atoms with Gasteiger partial charge in [-0.2, -0.15) is 5.10 Å². The van der Waals surface area contributed by atoms with Crippen molar-refractivity contribution in [3.05, 3.63) is 30.0 Å². The van der Waals surface area contributed by atoms with Gasteiger partial charge in [-0.1, -0.05) is 18.2 Å². The average Bonchev–Trinajstić information content (AvgIpc) is 3.19. The number of rotatable bonds is 6. The summed E-state index contributed by atoms with van der Waals surface area (Å²) in [6.45, 7) is 1.93. The number of hydrogen-bond donors (Lipinski definition) is 5. The second-order valence-corrected chi connectivity index (χ2v) is 5.91. The van der Waals surface area contributed by atoms with E-state index in [1.54, 1.807) is 0 Å². The molecule has 1 aromatic carbocycles. The molecule has 24 heavy (non-hydrogen) atoms. The van der Waals surface area contributed by atoms with Gasteiger partial charge in [0.05, 0.1) is 11.6 Å². The molecule has 0 bridgehead atoms. The number of carbonyl (C=O) groups excluding carboxylic acids is 2. The predicted molar refractivity (Wildman–Crippen MR) is 88.4 cm³/mol. The Bertz CT molecular complexity index is 729. The number of nitrogens with one attached hydrogen (secondary N) is 4. The summed E-state index contributed by atoms with van der Waals surface area (Å²) in [6.07, 6.45) is -0.234. The van der Waals surface area contributed by atoms with Crippen LogP contribution in [0.5, 0.6) is 0 Å². The highest BCUT2D eigenvalue weighted by Gasteiger charge is 2.24. The van der Waals surface area contributed by atoms with E-state index in [0.717, 1.165) is 10.9 Å². The molecule has 1 aromatic heterocycles. The number of β-amino-alcohol motifs (C(OH)–C–C–N with tert-alkyl or cyclic N) is 1. The lowest BCUT2D eigenvalue weighted by atomic mass is 10.1. The molecule has 2 aromatic rings. The van der Waals surface area contributed by atoms with Gasteiger partial charge in [0.1, 0.15) is 0 Å². The second kappa shape index (κ2) is 7.41. The van der Waals surface area contributed by atoms with Crippen LogP contribution < -0.4 is 16.0 Å². The average molecular weight is 331 g/mol. The van der Waals surface area contributed by atoms with Gasteiger partial charge in [0, 0.05) is 43.9 Å². The SMILES string of the molecule is O=C(CCNC(=O)c1n[nH]c2ccccc12)NCC1CNCC1O. The normalized spacial score (nSPS) is 20.2. The highest BCUT2D eigenvalue weighted by molar-refractivity contribution is 6.04. The molecule has 1 saturated heterocycles. The van der Waals surface area contributed by atoms with Crippen LogP contribution in [0.1, 0.15) is 16.9 Å². The third kappa shape index (κ3) is 3.72. The van der Waals surface area contributed by atoms with E-state index in [1.807, 2.05) is 24.3 Å². The van der Waals surface area contributed by atoms with Gasteiger partial charge in [0.15, 0.2) is 5.69 Å². The summed E-state index contributed by atoms with van der Waals surface area (Å²) in [5, 5.41) is 25.8. The zero-order valence-corrected chi connectivity index (χ0v) is 13.2. The minimum absolute atomic E-state index is 0.0407. The van der Waals surface area contributed by atoms with Crippen molar-refractivity contribution in [2.75, 3.05) is 26.2 Å². The number of aliphatic hydroxyl groups excluding tert-OH is 1. The number of carbonyl (C=O) groups is 2. The fourth-order valence-electron chi connectivity index (χ4n) is 2.77. The number of aromatic amines is 1. The summed E-state index contributed by atoms with van der Waals surface area (Å²) in [7, 11) is 0. The summed E-state index contributed by atoms with van der Waals surface area (Å²) in [5.41, 5.74) is 1.12. The van der Waals surface area contributed by atoms with Gasteiger partial charge in [-0.25, -0.2) is 0 Å². The minimum Gasteiger partial charge on any atom is -0.391 e. The van der Waals surface area contributed by atoms with Crippen LogP contribution in [-0.2, 0) is 4.79 Å². The van der Waals surface area contributed by atoms with E-state index in [1.165, 1.54) is 0 Å².